The van der Waals surface area contributed by atoms with Crippen molar-refractivity contribution >= 4 is 0 Å². The predicted molar refractivity (Wildman–Crippen MR) is 78.4 cm³/mol. The molecule has 1 saturated carbocycles. The van der Waals surface area contributed by atoms with Crippen LogP contribution in [-0.4, -0.2) is 40.8 Å². The fraction of sp³-hybridized carbons (Fsp3) is 0.867. The maximum absolute atomic E-state index is 6.09. The van der Waals surface area contributed by atoms with Gasteiger partial charge in [0.15, 0.2) is 5.82 Å². The molecule has 3 rings (SSSR count). The van der Waals surface area contributed by atoms with E-state index < -0.39 is 0 Å². The second-order valence-electron chi connectivity index (χ2n) is 6.27. The van der Waals surface area contributed by atoms with Crippen LogP contribution in [0, 0.1) is 5.92 Å². The summed E-state index contributed by atoms with van der Waals surface area (Å²) in [5, 5.41) is 3.95. The van der Waals surface area contributed by atoms with E-state index in [1.165, 1.54) is 25.7 Å². The van der Waals surface area contributed by atoms with Crippen molar-refractivity contribution < 1.29 is 9.26 Å². The van der Waals surface area contributed by atoms with Gasteiger partial charge in [-0.15, -0.1) is 0 Å². The van der Waals surface area contributed by atoms with Gasteiger partial charge in [0, 0.05) is 19.7 Å². The van der Waals surface area contributed by atoms with Crippen molar-refractivity contribution in [1.29, 1.82) is 0 Å². The molecule has 2 N–H and O–H groups in total. The number of likely N-dealkylation sites (tertiary alicyclic amines) is 1. The summed E-state index contributed by atoms with van der Waals surface area (Å²) in [5.74, 6) is 2.07. The summed E-state index contributed by atoms with van der Waals surface area (Å²) < 4.78 is 11.1. The Morgan fingerprint density at radius 3 is 2.62 bits per heavy atom. The van der Waals surface area contributed by atoms with E-state index in [0.29, 0.717) is 18.5 Å². The Morgan fingerprint density at radius 1 is 1.19 bits per heavy atom. The number of ether oxygens (including phenoxy) is 1. The van der Waals surface area contributed by atoms with E-state index in [1.54, 1.807) is 0 Å². The van der Waals surface area contributed by atoms with Gasteiger partial charge in [-0.1, -0.05) is 18.0 Å². The second-order valence-corrected chi connectivity index (χ2v) is 6.27. The fourth-order valence-electron chi connectivity index (χ4n) is 3.32. The van der Waals surface area contributed by atoms with E-state index in [-0.39, 0.29) is 0 Å². The third kappa shape index (κ3) is 4.25. The Balaban J connectivity index is 1.36. The Labute approximate surface area is 126 Å². The number of rotatable bonds is 6. The smallest absolute Gasteiger partial charge is 0.240 e. The minimum Gasteiger partial charge on any atom is -0.378 e. The van der Waals surface area contributed by atoms with E-state index in [9.17, 15) is 0 Å². The molecule has 6 nitrogen and oxygen atoms in total. The van der Waals surface area contributed by atoms with Crippen LogP contribution < -0.4 is 5.73 Å². The minimum absolute atomic E-state index is 0.310. The van der Waals surface area contributed by atoms with Crippen LogP contribution in [0.15, 0.2) is 4.52 Å². The molecule has 21 heavy (non-hydrogen) atoms. The van der Waals surface area contributed by atoms with Crippen molar-refractivity contribution in [3.63, 3.8) is 0 Å². The van der Waals surface area contributed by atoms with Gasteiger partial charge in [-0.25, -0.2) is 0 Å². The lowest BCUT2D eigenvalue weighted by atomic mass is 10.1. The fourth-order valence-corrected chi connectivity index (χ4v) is 3.32. The van der Waals surface area contributed by atoms with E-state index >= 15 is 0 Å². The number of hydrogen-bond donors (Lipinski definition) is 1. The molecule has 0 atom stereocenters. The zero-order valence-electron chi connectivity index (χ0n) is 12.7. The number of nitrogens with zero attached hydrogens (tertiary/aromatic N) is 3. The first-order chi connectivity index (χ1) is 10.3. The van der Waals surface area contributed by atoms with Gasteiger partial charge in [0.1, 0.15) is 0 Å². The van der Waals surface area contributed by atoms with Crippen LogP contribution in [0.2, 0.25) is 0 Å². The van der Waals surface area contributed by atoms with Crippen molar-refractivity contribution in [1.82, 2.24) is 15.0 Å². The molecule has 0 unspecified atom stereocenters. The summed E-state index contributed by atoms with van der Waals surface area (Å²) in [6.07, 6.45) is 8.15. The number of aromatic nitrogens is 2. The van der Waals surface area contributed by atoms with Gasteiger partial charge in [-0.2, -0.15) is 4.98 Å². The van der Waals surface area contributed by atoms with Crippen LogP contribution in [0.4, 0.5) is 0 Å². The van der Waals surface area contributed by atoms with Crippen LogP contribution in [0.25, 0.3) is 0 Å². The average molecular weight is 294 g/mol. The topological polar surface area (TPSA) is 77.4 Å². The van der Waals surface area contributed by atoms with E-state index in [0.717, 1.165) is 50.8 Å². The average Bonchev–Trinajstić information content (AvgIpc) is 3.18. The second kappa shape index (κ2) is 7.33. The monoisotopic (exact) mass is 294 g/mol. The summed E-state index contributed by atoms with van der Waals surface area (Å²) in [6.45, 7) is 4.11. The molecule has 2 heterocycles. The molecular formula is C15H26N4O2. The molecule has 0 amide bonds. The molecular weight excluding hydrogens is 268 g/mol. The summed E-state index contributed by atoms with van der Waals surface area (Å²) in [7, 11) is 0. The molecule has 2 fully saturated rings. The van der Waals surface area contributed by atoms with Crippen LogP contribution in [0.5, 0.6) is 0 Å². The zero-order chi connectivity index (χ0) is 14.5. The molecule has 1 saturated heterocycles. The van der Waals surface area contributed by atoms with E-state index in [4.69, 9.17) is 15.0 Å². The maximum atomic E-state index is 6.09. The summed E-state index contributed by atoms with van der Waals surface area (Å²) >= 11 is 0. The Morgan fingerprint density at radius 2 is 1.95 bits per heavy atom. The van der Waals surface area contributed by atoms with Gasteiger partial charge < -0.3 is 15.0 Å². The third-order valence-electron chi connectivity index (χ3n) is 4.63. The van der Waals surface area contributed by atoms with Crippen LogP contribution in [-0.2, 0) is 17.8 Å². The predicted octanol–water partition coefficient (Wildman–Crippen LogP) is 1.70. The Bertz CT molecular complexity index is 423. The lowest BCUT2D eigenvalue weighted by Gasteiger charge is -2.31. The lowest BCUT2D eigenvalue weighted by Crippen LogP contribution is -2.37. The van der Waals surface area contributed by atoms with Gasteiger partial charge in [0.2, 0.25) is 5.89 Å². The molecule has 0 radical (unpaired) electrons. The standard InChI is InChI=1S/C15H26N4O2/c16-9-15-17-14(18-21-15)10-19-7-5-13(6-8-19)20-11-12-3-1-2-4-12/h12-13H,1-11,16H2. The molecule has 1 aliphatic carbocycles. The van der Waals surface area contributed by atoms with Gasteiger partial charge in [-0.05, 0) is 31.6 Å². The molecule has 118 valence electrons. The van der Waals surface area contributed by atoms with Gasteiger partial charge in [0.05, 0.1) is 19.2 Å². The van der Waals surface area contributed by atoms with Crippen molar-refractivity contribution in [2.45, 2.75) is 57.7 Å². The van der Waals surface area contributed by atoms with E-state index in [2.05, 4.69) is 15.0 Å². The molecule has 0 bridgehead atoms. The highest BCUT2D eigenvalue weighted by Gasteiger charge is 2.23. The van der Waals surface area contributed by atoms with Crippen LogP contribution in [0.3, 0.4) is 0 Å². The first-order valence-corrected chi connectivity index (χ1v) is 8.19. The summed E-state index contributed by atoms with van der Waals surface area (Å²) in [5.41, 5.74) is 5.47. The molecule has 6 heteroatoms. The molecule has 1 aliphatic heterocycles. The van der Waals surface area contributed by atoms with Crippen LogP contribution >= 0.6 is 0 Å². The highest BCUT2D eigenvalue weighted by molar-refractivity contribution is 4.87. The quantitative estimate of drug-likeness (QED) is 0.860. The SMILES string of the molecule is NCc1nc(CN2CCC(OCC3CCCC3)CC2)no1. The third-order valence-corrected chi connectivity index (χ3v) is 4.63. The lowest BCUT2D eigenvalue weighted by molar-refractivity contribution is -0.0101. The molecule has 0 aromatic carbocycles. The van der Waals surface area contributed by atoms with Crippen molar-refractivity contribution in [2.75, 3.05) is 19.7 Å². The number of hydrogen-bond acceptors (Lipinski definition) is 6. The van der Waals surface area contributed by atoms with E-state index in [1.807, 2.05) is 0 Å². The Hall–Kier alpha value is -0.980. The molecule has 1 aromatic heterocycles. The van der Waals surface area contributed by atoms with Crippen molar-refractivity contribution in [3.05, 3.63) is 11.7 Å². The van der Waals surface area contributed by atoms with Gasteiger partial charge in [0.25, 0.3) is 0 Å². The number of piperidine rings is 1. The minimum atomic E-state index is 0.310. The van der Waals surface area contributed by atoms with Gasteiger partial charge in [-0.3, -0.25) is 4.90 Å². The first kappa shape index (κ1) is 14.9. The maximum Gasteiger partial charge on any atom is 0.240 e. The van der Waals surface area contributed by atoms with Crippen molar-refractivity contribution in [3.8, 4) is 0 Å². The highest BCUT2D eigenvalue weighted by atomic mass is 16.5. The summed E-state index contributed by atoms with van der Waals surface area (Å²) in [6, 6.07) is 0. The molecule has 0 spiro atoms. The zero-order valence-corrected chi connectivity index (χ0v) is 12.7. The van der Waals surface area contributed by atoms with Crippen molar-refractivity contribution in [2.24, 2.45) is 11.7 Å². The number of nitrogens with two attached hydrogens (primary N) is 1. The Kier molecular flexibility index (Phi) is 5.22. The normalized spacial score (nSPS) is 22.1. The first-order valence-electron chi connectivity index (χ1n) is 8.19. The largest absolute Gasteiger partial charge is 0.378 e. The molecule has 2 aliphatic rings. The summed E-state index contributed by atoms with van der Waals surface area (Å²) in [4.78, 5) is 6.62. The van der Waals surface area contributed by atoms with Crippen LogP contribution in [0.1, 0.15) is 50.2 Å². The molecule has 1 aromatic rings. The van der Waals surface area contributed by atoms with Gasteiger partial charge >= 0.3 is 0 Å². The highest BCUT2D eigenvalue weighted by Crippen LogP contribution is 2.26.